The SMILES string of the molecule is FC(F)(F)[C@@H]1NCCN[C@@H]1c1ccccc1. The van der Waals surface area contributed by atoms with E-state index in [1.165, 1.54) is 0 Å². The summed E-state index contributed by atoms with van der Waals surface area (Å²) < 4.78 is 38.3. The molecule has 0 amide bonds. The standard InChI is InChI=1S/C11H13F3N2/c12-11(13,14)10-9(15-6-7-16-10)8-4-2-1-3-5-8/h1-5,9-10,15-16H,6-7H2/t9-,10-/m1/s1. The molecule has 2 N–H and O–H groups in total. The van der Waals surface area contributed by atoms with Crippen LogP contribution in [0.25, 0.3) is 0 Å². The molecule has 1 aliphatic rings. The highest BCUT2D eigenvalue weighted by Crippen LogP contribution is 2.31. The number of alkyl halides is 3. The van der Waals surface area contributed by atoms with Crippen LogP contribution in [0.4, 0.5) is 13.2 Å². The van der Waals surface area contributed by atoms with Gasteiger partial charge in [-0.2, -0.15) is 13.2 Å². The molecule has 1 heterocycles. The number of nitrogens with one attached hydrogen (secondary N) is 2. The summed E-state index contributed by atoms with van der Waals surface area (Å²) in [5, 5.41) is 5.43. The summed E-state index contributed by atoms with van der Waals surface area (Å²) in [6.07, 6.45) is -4.23. The molecule has 1 fully saturated rings. The van der Waals surface area contributed by atoms with E-state index >= 15 is 0 Å². The van der Waals surface area contributed by atoms with Crippen molar-refractivity contribution < 1.29 is 13.2 Å². The summed E-state index contributed by atoms with van der Waals surface area (Å²) in [6.45, 7) is 0.889. The van der Waals surface area contributed by atoms with E-state index in [1.54, 1.807) is 30.3 Å². The number of hydrogen-bond acceptors (Lipinski definition) is 2. The average Bonchev–Trinajstić information content (AvgIpc) is 2.29. The highest BCUT2D eigenvalue weighted by Gasteiger charge is 2.46. The van der Waals surface area contributed by atoms with E-state index < -0.39 is 18.3 Å². The summed E-state index contributed by atoms with van der Waals surface area (Å²) in [7, 11) is 0. The highest BCUT2D eigenvalue weighted by atomic mass is 19.4. The minimum Gasteiger partial charge on any atom is -0.307 e. The zero-order chi connectivity index (χ0) is 11.6. The Morgan fingerprint density at radius 1 is 1.00 bits per heavy atom. The van der Waals surface area contributed by atoms with E-state index in [4.69, 9.17) is 0 Å². The van der Waals surface area contributed by atoms with Gasteiger partial charge in [0, 0.05) is 13.1 Å². The number of rotatable bonds is 1. The first kappa shape index (κ1) is 11.4. The molecule has 0 unspecified atom stereocenters. The fraction of sp³-hybridized carbons (Fsp3) is 0.455. The Morgan fingerprint density at radius 3 is 2.25 bits per heavy atom. The maximum atomic E-state index is 12.8. The normalized spacial score (nSPS) is 26.7. The first-order valence-corrected chi connectivity index (χ1v) is 5.17. The van der Waals surface area contributed by atoms with Crippen molar-refractivity contribution in [1.82, 2.24) is 10.6 Å². The molecule has 0 bridgehead atoms. The van der Waals surface area contributed by atoms with Gasteiger partial charge in [-0.25, -0.2) is 0 Å². The van der Waals surface area contributed by atoms with Gasteiger partial charge in [0.2, 0.25) is 0 Å². The van der Waals surface area contributed by atoms with Crippen LogP contribution in [0, 0.1) is 0 Å². The van der Waals surface area contributed by atoms with Crippen LogP contribution in [0.5, 0.6) is 0 Å². The van der Waals surface area contributed by atoms with Crippen LogP contribution >= 0.6 is 0 Å². The van der Waals surface area contributed by atoms with Gasteiger partial charge in [-0.15, -0.1) is 0 Å². The first-order chi connectivity index (χ1) is 7.59. The van der Waals surface area contributed by atoms with Crippen LogP contribution in [0.2, 0.25) is 0 Å². The van der Waals surface area contributed by atoms with Gasteiger partial charge in [-0.05, 0) is 5.56 Å². The zero-order valence-electron chi connectivity index (χ0n) is 8.59. The Kier molecular flexibility index (Phi) is 3.16. The van der Waals surface area contributed by atoms with Crippen LogP contribution in [-0.2, 0) is 0 Å². The summed E-state index contributed by atoms with van der Waals surface area (Å²) >= 11 is 0. The Labute approximate surface area is 91.8 Å². The van der Waals surface area contributed by atoms with Gasteiger partial charge in [-0.1, -0.05) is 30.3 Å². The molecule has 2 atom stereocenters. The molecule has 1 aromatic rings. The molecule has 0 radical (unpaired) electrons. The third-order valence-electron chi connectivity index (χ3n) is 2.70. The van der Waals surface area contributed by atoms with Gasteiger partial charge >= 0.3 is 6.18 Å². The van der Waals surface area contributed by atoms with E-state index in [2.05, 4.69) is 10.6 Å². The summed E-state index contributed by atoms with van der Waals surface area (Å²) in [5.74, 6) is 0. The van der Waals surface area contributed by atoms with Crippen LogP contribution in [-0.4, -0.2) is 25.3 Å². The number of benzene rings is 1. The molecule has 0 aliphatic carbocycles. The van der Waals surface area contributed by atoms with Crippen molar-refractivity contribution in [1.29, 1.82) is 0 Å². The van der Waals surface area contributed by atoms with E-state index in [9.17, 15) is 13.2 Å². The topological polar surface area (TPSA) is 24.1 Å². The number of hydrogen-bond donors (Lipinski definition) is 2. The molecular weight excluding hydrogens is 217 g/mol. The molecule has 16 heavy (non-hydrogen) atoms. The Balaban J connectivity index is 2.24. The molecule has 1 saturated heterocycles. The van der Waals surface area contributed by atoms with Gasteiger partial charge in [-0.3, -0.25) is 0 Å². The van der Waals surface area contributed by atoms with Crippen molar-refractivity contribution in [2.75, 3.05) is 13.1 Å². The molecule has 1 aromatic carbocycles. The lowest BCUT2D eigenvalue weighted by atomic mass is 9.97. The molecule has 2 rings (SSSR count). The number of halogens is 3. The maximum absolute atomic E-state index is 12.8. The smallest absolute Gasteiger partial charge is 0.307 e. The van der Waals surface area contributed by atoms with Crippen molar-refractivity contribution in [3.63, 3.8) is 0 Å². The van der Waals surface area contributed by atoms with E-state index in [0.717, 1.165) is 0 Å². The van der Waals surface area contributed by atoms with E-state index in [-0.39, 0.29) is 0 Å². The summed E-state index contributed by atoms with van der Waals surface area (Å²) in [5.41, 5.74) is 0.664. The Morgan fingerprint density at radius 2 is 1.62 bits per heavy atom. The minimum absolute atomic E-state index is 0.341. The van der Waals surface area contributed by atoms with Crippen molar-refractivity contribution in [3.05, 3.63) is 35.9 Å². The molecule has 1 aliphatic heterocycles. The molecule has 5 heteroatoms. The third kappa shape index (κ3) is 2.36. The van der Waals surface area contributed by atoms with Crippen molar-refractivity contribution in [3.8, 4) is 0 Å². The largest absolute Gasteiger partial charge is 0.405 e. The van der Waals surface area contributed by atoms with Gasteiger partial charge in [0.25, 0.3) is 0 Å². The molecule has 0 spiro atoms. The predicted molar refractivity (Wildman–Crippen MR) is 55.0 cm³/mol. The molecule has 0 saturated carbocycles. The minimum atomic E-state index is -4.23. The van der Waals surface area contributed by atoms with Gasteiger partial charge < -0.3 is 10.6 Å². The maximum Gasteiger partial charge on any atom is 0.405 e. The van der Waals surface area contributed by atoms with Crippen molar-refractivity contribution in [2.45, 2.75) is 18.3 Å². The first-order valence-electron chi connectivity index (χ1n) is 5.17. The summed E-state index contributed by atoms with van der Waals surface area (Å²) in [4.78, 5) is 0. The third-order valence-corrected chi connectivity index (χ3v) is 2.70. The van der Waals surface area contributed by atoms with E-state index in [0.29, 0.717) is 18.7 Å². The molecule has 88 valence electrons. The second-order valence-electron chi connectivity index (χ2n) is 3.82. The quantitative estimate of drug-likeness (QED) is 0.769. The lowest BCUT2D eigenvalue weighted by molar-refractivity contribution is -0.166. The van der Waals surface area contributed by atoms with Gasteiger partial charge in [0.1, 0.15) is 6.04 Å². The van der Waals surface area contributed by atoms with Crippen LogP contribution < -0.4 is 10.6 Å². The van der Waals surface area contributed by atoms with Crippen LogP contribution in [0.15, 0.2) is 30.3 Å². The fourth-order valence-corrected chi connectivity index (χ4v) is 1.97. The van der Waals surface area contributed by atoms with Crippen LogP contribution in [0.3, 0.4) is 0 Å². The van der Waals surface area contributed by atoms with Crippen LogP contribution in [0.1, 0.15) is 11.6 Å². The second kappa shape index (κ2) is 4.43. The number of piperazine rings is 1. The zero-order valence-corrected chi connectivity index (χ0v) is 8.59. The van der Waals surface area contributed by atoms with E-state index in [1.807, 2.05) is 0 Å². The molecule has 2 nitrogen and oxygen atoms in total. The molecular formula is C11H13F3N2. The highest BCUT2D eigenvalue weighted by molar-refractivity contribution is 5.22. The lowest BCUT2D eigenvalue weighted by Gasteiger charge is -2.35. The fourth-order valence-electron chi connectivity index (χ4n) is 1.97. The van der Waals surface area contributed by atoms with Gasteiger partial charge in [0.05, 0.1) is 6.04 Å². The predicted octanol–water partition coefficient (Wildman–Crippen LogP) is 1.85. The Hall–Kier alpha value is -1.07. The van der Waals surface area contributed by atoms with Crippen molar-refractivity contribution >= 4 is 0 Å². The lowest BCUT2D eigenvalue weighted by Crippen LogP contribution is -2.57. The van der Waals surface area contributed by atoms with Crippen molar-refractivity contribution in [2.24, 2.45) is 0 Å². The average molecular weight is 230 g/mol. The van der Waals surface area contributed by atoms with Gasteiger partial charge in [0.15, 0.2) is 0 Å². The molecule has 0 aromatic heterocycles. The Bertz CT molecular complexity index is 337. The monoisotopic (exact) mass is 230 g/mol. The summed E-state index contributed by atoms with van der Waals surface area (Å²) in [6, 6.07) is 6.51. The second-order valence-corrected chi connectivity index (χ2v) is 3.82.